The molecule has 1 heterocycles. The summed E-state index contributed by atoms with van der Waals surface area (Å²) < 4.78 is 25.1. The minimum Gasteiger partial charge on any atom is -0.463 e. The third-order valence-corrected chi connectivity index (χ3v) is 3.14. The second-order valence-electron chi connectivity index (χ2n) is 5.40. The summed E-state index contributed by atoms with van der Waals surface area (Å²) in [6, 6.07) is 0. The lowest BCUT2D eigenvalue weighted by Gasteiger charge is -2.43. The first-order chi connectivity index (χ1) is 12.5. The molecule has 1 rings (SSSR count). The van der Waals surface area contributed by atoms with Crippen molar-refractivity contribution in [1.29, 1.82) is 0 Å². The number of rotatable bonds is 7. The molecule has 13 nitrogen and oxygen atoms in total. The maximum Gasteiger partial charge on any atom is 0.303 e. The topological polar surface area (TPSA) is 167 Å². The van der Waals surface area contributed by atoms with Crippen LogP contribution in [0.25, 0.3) is 0 Å². The normalized spacial score (nSPS) is 27.0. The van der Waals surface area contributed by atoms with Gasteiger partial charge in [0.05, 0.1) is 0 Å². The van der Waals surface area contributed by atoms with Crippen molar-refractivity contribution in [3.63, 3.8) is 0 Å². The Morgan fingerprint density at radius 1 is 0.852 bits per heavy atom. The number of nitrogens with zero attached hydrogens (tertiary/aromatic N) is 1. The van der Waals surface area contributed by atoms with Gasteiger partial charge in [-0.1, -0.05) is 0 Å². The molecule has 1 aliphatic heterocycles. The van der Waals surface area contributed by atoms with E-state index in [2.05, 4.69) is 4.84 Å². The molecule has 152 valence electrons. The van der Waals surface area contributed by atoms with E-state index in [4.69, 9.17) is 23.7 Å². The van der Waals surface area contributed by atoms with Crippen LogP contribution >= 0.6 is 0 Å². The number of esters is 4. The highest BCUT2D eigenvalue weighted by atomic mass is 17.0. The van der Waals surface area contributed by atoms with Crippen molar-refractivity contribution >= 4 is 23.9 Å². The highest BCUT2D eigenvalue weighted by molar-refractivity contribution is 5.68. The largest absolute Gasteiger partial charge is 0.463 e. The first kappa shape index (κ1) is 22.1. The summed E-state index contributed by atoms with van der Waals surface area (Å²) in [7, 11) is 0. The van der Waals surface area contributed by atoms with E-state index in [1.807, 2.05) is 0 Å². The predicted octanol–water partition coefficient (Wildman–Crippen LogP) is -0.722. The summed E-state index contributed by atoms with van der Waals surface area (Å²) in [5, 5.41) is 9.54. The molecule has 27 heavy (non-hydrogen) atoms. The van der Waals surface area contributed by atoms with Gasteiger partial charge in [0.25, 0.3) is 5.09 Å². The van der Waals surface area contributed by atoms with E-state index in [1.165, 1.54) is 0 Å². The summed E-state index contributed by atoms with van der Waals surface area (Å²) >= 11 is 0. The van der Waals surface area contributed by atoms with Crippen LogP contribution in [0.3, 0.4) is 0 Å². The van der Waals surface area contributed by atoms with Crippen LogP contribution in [0.2, 0.25) is 0 Å². The fourth-order valence-corrected chi connectivity index (χ4v) is 2.36. The zero-order chi connectivity index (χ0) is 20.7. The van der Waals surface area contributed by atoms with Gasteiger partial charge in [-0.25, -0.2) is 0 Å². The van der Waals surface area contributed by atoms with E-state index in [-0.39, 0.29) is 0 Å². The van der Waals surface area contributed by atoms with Gasteiger partial charge >= 0.3 is 23.9 Å². The molecule has 0 aromatic rings. The monoisotopic (exact) mass is 393 g/mol. The van der Waals surface area contributed by atoms with Gasteiger partial charge in [0.1, 0.15) is 12.7 Å². The number of hydrogen-bond donors (Lipinski definition) is 0. The van der Waals surface area contributed by atoms with Crippen molar-refractivity contribution in [3.8, 4) is 0 Å². The minimum atomic E-state index is -1.83. The molecule has 1 fully saturated rings. The molecule has 0 amide bonds. The lowest BCUT2D eigenvalue weighted by molar-refractivity contribution is -0.785. The molecule has 0 spiro atoms. The van der Waals surface area contributed by atoms with E-state index < -0.39 is 66.3 Å². The molecule has 0 bridgehead atoms. The average Bonchev–Trinajstić information content (AvgIpc) is 2.49. The molecular weight excluding hydrogens is 374 g/mol. The van der Waals surface area contributed by atoms with Crippen molar-refractivity contribution in [3.05, 3.63) is 10.1 Å². The molecule has 0 saturated carbocycles. The van der Waals surface area contributed by atoms with Crippen LogP contribution in [0.15, 0.2) is 0 Å². The van der Waals surface area contributed by atoms with Gasteiger partial charge in [-0.05, 0) is 0 Å². The van der Waals surface area contributed by atoms with Crippen LogP contribution in [0.4, 0.5) is 0 Å². The summed E-state index contributed by atoms with van der Waals surface area (Å²) in [6.45, 7) is 3.67. The first-order valence-electron chi connectivity index (χ1n) is 7.63. The molecule has 0 N–H and O–H groups in total. The van der Waals surface area contributed by atoms with Gasteiger partial charge in [0, 0.05) is 27.7 Å². The standard InChI is InChI=1S/C14H19NO12/c1-6(16)22-5-10-11(23-7(2)17)12(24-8(3)18)13(25-9(4)19)14(26-10)27-15(20)21/h10-14H,5H2,1-4H3/t10-,11+,12+,13-,14-/m1/s1. The summed E-state index contributed by atoms with van der Waals surface area (Å²) in [5.74, 6) is -3.28. The number of carbonyl (C=O) groups is 4. The second kappa shape index (κ2) is 9.66. The van der Waals surface area contributed by atoms with Crippen LogP contribution in [0.1, 0.15) is 27.7 Å². The number of hydrogen-bond acceptors (Lipinski definition) is 12. The third-order valence-electron chi connectivity index (χ3n) is 3.14. The quantitative estimate of drug-likeness (QED) is 0.231. The Morgan fingerprint density at radius 3 is 1.78 bits per heavy atom. The second-order valence-corrected chi connectivity index (χ2v) is 5.40. The Hall–Kier alpha value is -2.96. The summed E-state index contributed by atoms with van der Waals surface area (Å²) in [6.07, 6.45) is -7.69. The molecule has 5 atom stereocenters. The highest BCUT2D eigenvalue weighted by Crippen LogP contribution is 2.29. The van der Waals surface area contributed by atoms with Gasteiger partial charge in [0.2, 0.25) is 6.29 Å². The molecule has 0 aromatic heterocycles. The Kier molecular flexibility index (Phi) is 7.90. The molecule has 1 saturated heterocycles. The van der Waals surface area contributed by atoms with E-state index >= 15 is 0 Å². The number of carbonyl (C=O) groups excluding carboxylic acids is 4. The first-order valence-corrected chi connectivity index (χ1v) is 7.63. The van der Waals surface area contributed by atoms with E-state index in [1.54, 1.807) is 0 Å². The fraction of sp³-hybridized carbons (Fsp3) is 0.714. The van der Waals surface area contributed by atoms with E-state index in [9.17, 15) is 29.3 Å². The zero-order valence-corrected chi connectivity index (χ0v) is 14.9. The van der Waals surface area contributed by atoms with Crippen molar-refractivity contribution in [1.82, 2.24) is 0 Å². The van der Waals surface area contributed by atoms with Gasteiger partial charge in [-0.3, -0.25) is 24.0 Å². The molecule has 0 unspecified atom stereocenters. The third kappa shape index (κ3) is 7.05. The molecular formula is C14H19NO12. The Balaban J connectivity index is 3.29. The SMILES string of the molecule is CC(=O)OC[C@H]1O[C@H](O[N+](=O)[O-])[C@H](OC(C)=O)[C@@H](OC(C)=O)[C@H]1OC(C)=O. The summed E-state index contributed by atoms with van der Waals surface area (Å²) in [4.78, 5) is 60.5. The van der Waals surface area contributed by atoms with Crippen LogP contribution in [-0.4, -0.2) is 66.3 Å². The van der Waals surface area contributed by atoms with Crippen molar-refractivity contribution < 1.29 is 52.8 Å². The van der Waals surface area contributed by atoms with Gasteiger partial charge < -0.3 is 23.7 Å². The molecule has 0 radical (unpaired) electrons. The van der Waals surface area contributed by atoms with Crippen LogP contribution in [0.5, 0.6) is 0 Å². The lowest BCUT2D eigenvalue weighted by atomic mass is 9.98. The highest BCUT2D eigenvalue weighted by Gasteiger charge is 2.53. The molecule has 0 aliphatic carbocycles. The van der Waals surface area contributed by atoms with Crippen LogP contribution in [0, 0.1) is 10.1 Å². The van der Waals surface area contributed by atoms with Crippen molar-refractivity contribution in [2.24, 2.45) is 0 Å². The Bertz CT molecular complexity index is 605. The maximum absolute atomic E-state index is 11.5. The molecule has 0 aromatic carbocycles. The lowest BCUT2D eigenvalue weighted by Crippen LogP contribution is -2.63. The Labute approximate surface area is 152 Å². The van der Waals surface area contributed by atoms with Crippen LogP contribution < -0.4 is 0 Å². The predicted molar refractivity (Wildman–Crippen MR) is 80.0 cm³/mol. The smallest absolute Gasteiger partial charge is 0.303 e. The zero-order valence-electron chi connectivity index (χ0n) is 14.9. The Morgan fingerprint density at radius 2 is 1.33 bits per heavy atom. The number of ether oxygens (including phenoxy) is 5. The average molecular weight is 393 g/mol. The maximum atomic E-state index is 11.5. The van der Waals surface area contributed by atoms with Gasteiger partial charge in [0.15, 0.2) is 18.3 Å². The van der Waals surface area contributed by atoms with E-state index in [0.717, 1.165) is 27.7 Å². The van der Waals surface area contributed by atoms with Crippen molar-refractivity contribution in [2.75, 3.05) is 6.61 Å². The van der Waals surface area contributed by atoms with Crippen LogP contribution in [-0.2, 0) is 47.7 Å². The van der Waals surface area contributed by atoms with E-state index in [0.29, 0.717) is 0 Å². The van der Waals surface area contributed by atoms with Gasteiger partial charge in [-0.2, -0.15) is 0 Å². The molecule has 13 heteroatoms. The van der Waals surface area contributed by atoms with Crippen molar-refractivity contribution in [2.45, 2.75) is 58.4 Å². The fourth-order valence-electron chi connectivity index (χ4n) is 2.36. The minimum absolute atomic E-state index is 0.505. The summed E-state index contributed by atoms with van der Waals surface area (Å²) in [5.41, 5.74) is 0. The van der Waals surface area contributed by atoms with Gasteiger partial charge in [-0.15, -0.1) is 10.1 Å². The molecule has 1 aliphatic rings.